The van der Waals surface area contributed by atoms with Crippen LogP contribution in [0.4, 0.5) is 0 Å². The number of benzene rings is 1. The first-order valence-corrected chi connectivity index (χ1v) is 10.9. The zero-order chi connectivity index (χ0) is 22.1. The molecule has 5 rings (SSSR count). The number of amides is 1. The van der Waals surface area contributed by atoms with Crippen molar-refractivity contribution in [1.29, 1.82) is 0 Å². The van der Waals surface area contributed by atoms with Gasteiger partial charge in [-0.3, -0.25) is 4.79 Å². The van der Waals surface area contributed by atoms with Gasteiger partial charge in [-0.25, -0.2) is 9.78 Å². The number of pyridine rings is 1. The summed E-state index contributed by atoms with van der Waals surface area (Å²) in [5.41, 5.74) is 3.89. The molecule has 3 aromatic rings. The van der Waals surface area contributed by atoms with Crippen molar-refractivity contribution in [2.24, 2.45) is 0 Å². The normalized spacial score (nSPS) is 18.0. The Bertz CT molecular complexity index is 1190. The second-order valence-electron chi connectivity index (χ2n) is 8.00. The van der Waals surface area contributed by atoms with E-state index in [-0.39, 0.29) is 5.91 Å². The SMILES string of the molecule is CC(OC(=O)c1c2c(nc3ccccc13)/C(=C/c1ccco1)CC2)C(=O)N1CCOCC1. The summed E-state index contributed by atoms with van der Waals surface area (Å²) in [7, 11) is 0. The van der Waals surface area contributed by atoms with Gasteiger partial charge in [0.15, 0.2) is 6.10 Å². The van der Waals surface area contributed by atoms with Crippen LogP contribution in [-0.4, -0.2) is 54.2 Å². The fourth-order valence-electron chi connectivity index (χ4n) is 4.37. The van der Waals surface area contributed by atoms with Gasteiger partial charge in [-0.05, 0) is 55.2 Å². The van der Waals surface area contributed by atoms with Gasteiger partial charge in [0, 0.05) is 18.5 Å². The van der Waals surface area contributed by atoms with E-state index in [1.165, 1.54) is 0 Å². The predicted molar refractivity (Wildman–Crippen MR) is 119 cm³/mol. The second-order valence-corrected chi connectivity index (χ2v) is 8.00. The molecule has 0 saturated carbocycles. The number of para-hydroxylation sites is 1. The Kier molecular flexibility index (Phi) is 5.49. The number of carbonyl (C=O) groups is 2. The molecule has 32 heavy (non-hydrogen) atoms. The van der Waals surface area contributed by atoms with Crippen molar-refractivity contribution in [2.45, 2.75) is 25.9 Å². The molecule has 0 radical (unpaired) electrons. The molecular formula is C25H24N2O5. The summed E-state index contributed by atoms with van der Waals surface area (Å²) >= 11 is 0. The third kappa shape index (κ3) is 3.80. The minimum absolute atomic E-state index is 0.199. The molecule has 164 valence electrons. The van der Waals surface area contributed by atoms with Crippen LogP contribution in [0.3, 0.4) is 0 Å². The van der Waals surface area contributed by atoms with Crippen molar-refractivity contribution in [3.05, 3.63) is 65.2 Å². The van der Waals surface area contributed by atoms with Crippen molar-refractivity contribution in [3.8, 4) is 0 Å². The van der Waals surface area contributed by atoms with Gasteiger partial charge in [0.25, 0.3) is 5.91 Å². The topological polar surface area (TPSA) is 81.9 Å². The van der Waals surface area contributed by atoms with Gasteiger partial charge in [-0.15, -0.1) is 0 Å². The minimum Gasteiger partial charge on any atom is -0.465 e. The number of nitrogens with zero attached hydrogens (tertiary/aromatic N) is 2. The molecule has 7 nitrogen and oxygen atoms in total. The van der Waals surface area contributed by atoms with Crippen LogP contribution in [0.25, 0.3) is 22.6 Å². The van der Waals surface area contributed by atoms with Crippen LogP contribution in [0.5, 0.6) is 0 Å². The van der Waals surface area contributed by atoms with Gasteiger partial charge < -0.3 is 18.8 Å². The van der Waals surface area contributed by atoms with E-state index in [9.17, 15) is 9.59 Å². The summed E-state index contributed by atoms with van der Waals surface area (Å²) in [6.07, 6.45) is 4.15. The zero-order valence-electron chi connectivity index (χ0n) is 17.9. The molecule has 0 bridgehead atoms. The molecule has 1 saturated heterocycles. The van der Waals surface area contributed by atoms with E-state index in [1.807, 2.05) is 42.5 Å². The smallest absolute Gasteiger partial charge is 0.339 e. The monoisotopic (exact) mass is 432 g/mol. The largest absolute Gasteiger partial charge is 0.465 e. The molecule has 1 fully saturated rings. The number of morpholine rings is 1. The number of carbonyl (C=O) groups excluding carboxylic acids is 2. The molecule has 1 aromatic carbocycles. The van der Waals surface area contributed by atoms with Gasteiger partial charge in [-0.1, -0.05) is 18.2 Å². The number of hydrogen-bond acceptors (Lipinski definition) is 6. The molecule has 3 heterocycles. The fourth-order valence-corrected chi connectivity index (χ4v) is 4.37. The first kappa shape index (κ1) is 20.5. The summed E-state index contributed by atoms with van der Waals surface area (Å²) in [5, 5.41) is 0.738. The number of fused-ring (bicyclic) bond motifs is 2. The Morgan fingerprint density at radius 3 is 2.72 bits per heavy atom. The van der Waals surface area contributed by atoms with Gasteiger partial charge in [0.05, 0.1) is 36.3 Å². The number of allylic oxidation sites excluding steroid dienone is 1. The molecule has 1 aliphatic heterocycles. The van der Waals surface area contributed by atoms with Crippen molar-refractivity contribution in [3.63, 3.8) is 0 Å². The fraction of sp³-hybridized carbons (Fsp3) is 0.320. The Morgan fingerprint density at radius 2 is 1.94 bits per heavy atom. The Hall–Kier alpha value is -3.45. The average molecular weight is 432 g/mol. The summed E-state index contributed by atoms with van der Waals surface area (Å²) < 4.78 is 16.5. The number of aromatic nitrogens is 1. The third-order valence-corrected chi connectivity index (χ3v) is 5.96. The highest BCUT2D eigenvalue weighted by Gasteiger charge is 2.31. The first-order valence-electron chi connectivity index (χ1n) is 10.9. The first-order chi connectivity index (χ1) is 15.6. The Labute approximate surface area is 185 Å². The Morgan fingerprint density at radius 1 is 1.12 bits per heavy atom. The highest BCUT2D eigenvalue weighted by Crippen LogP contribution is 2.38. The molecule has 2 aliphatic rings. The number of rotatable bonds is 4. The average Bonchev–Trinajstić information content (AvgIpc) is 3.48. The highest BCUT2D eigenvalue weighted by molar-refractivity contribution is 6.07. The van der Waals surface area contributed by atoms with Crippen molar-refractivity contribution < 1.29 is 23.5 Å². The van der Waals surface area contributed by atoms with Gasteiger partial charge in [0.1, 0.15) is 5.76 Å². The standard InChI is InChI=1S/C25H24N2O5/c1-16(24(28)27-10-13-30-14-11-27)32-25(29)22-19-6-2-3-7-21(19)26-23-17(8-9-20(22)23)15-18-5-4-12-31-18/h2-7,12,15-16H,8-11,13-14H2,1H3/b17-15+. The maximum absolute atomic E-state index is 13.4. The number of esters is 1. The molecule has 1 aliphatic carbocycles. The lowest BCUT2D eigenvalue weighted by molar-refractivity contribution is -0.143. The van der Waals surface area contributed by atoms with Crippen molar-refractivity contribution >= 4 is 34.4 Å². The molecule has 1 atom stereocenters. The third-order valence-electron chi connectivity index (χ3n) is 5.96. The molecule has 1 unspecified atom stereocenters. The van der Waals surface area contributed by atoms with E-state index in [0.717, 1.165) is 39.9 Å². The summed E-state index contributed by atoms with van der Waals surface area (Å²) in [4.78, 5) is 32.6. The lowest BCUT2D eigenvalue weighted by atomic mass is 10.0. The maximum atomic E-state index is 13.4. The minimum atomic E-state index is -0.872. The van der Waals surface area contributed by atoms with E-state index < -0.39 is 12.1 Å². The van der Waals surface area contributed by atoms with Crippen LogP contribution < -0.4 is 0 Å². The molecular weight excluding hydrogens is 408 g/mol. The lowest BCUT2D eigenvalue weighted by Crippen LogP contribution is -2.46. The summed E-state index contributed by atoms with van der Waals surface area (Å²) in [6, 6.07) is 11.3. The van der Waals surface area contributed by atoms with Crippen LogP contribution >= 0.6 is 0 Å². The molecule has 0 spiro atoms. The molecule has 7 heteroatoms. The van der Waals surface area contributed by atoms with Crippen molar-refractivity contribution in [2.75, 3.05) is 26.3 Å². The van der Waals surface area contributed by atoms with Crippen LogP contribution in [0.1, 0.15) is 40.7 Å². The second kappa shape index (κ2) is 8.59. The van der Waals surface area contributed by atoms with E-state index in [0.29, 0.717) is 38.3 Å². The van der Waals surface area contributed by atoms with E-state index in [1.54, 1.807) is 18.1 Å². The van der Waals surface area contributed by atoms with Crippen LogP contribution in [0.15, 0.2) is 47.1 Å². The lowest BCUT2D eigenvalue weighted by Gasteiger charge is -2.29. The molecule has 1 amide bonds. The summed E-state index contributed by atoms with van der Waals surface area (Å²) in [5.74, 6) is 0.0555. The van der Waals surface area contributed by atoms with Gasteiger partial charge in [0.2, 0.25) is 0 Å². The van der Waals surface area contributed by atoms with Gasteiger partial charge >= 0.3 is 5.97 Å². The van der Waals surface area contributed by atoms with E-state index in [4.69, 9.17) is 18.9 Å². The predicted octanol–water partition coefficient (Wildman–Crippen LogP) is 3.72. The Balaban J connectivity index is 1.49. The number of furan rings is 1. The summed E-state index contributed by atoms with van der Waals surface area (Å²) in [6.45, 7) is 3.64. The number of ether oxygens (including phenoxy) is 2. The quantitative estimate of drug-likeness (QED) is 0.585. The van der Waals surface area contributed by atoms with E-state index in [2.05, 4.69) is 0 Å². The van der Waals surface area contributed by atoms with Crippen molar-refractivity contribution in [1.82, 2.24) is 9.88 Å². The highest BCUT2D eigenvalue weighted by atomic mass is 16.5. The van der Waals surface area contributed by atoms with E-state index >= 15 is 0 Å². The maximum Gasteiger partial charge on any atom is 0.339 e. The zero-order valence-corrected chi connectivity index (χ0v) is 17.9. The molecule has 0 N–H and O–H groups in total. The molecule has 2 aromatic heterocycles. The van der Waals surface area contributed by atoms with Crippen LogP contribution in [-0.2, 0) is 20.7 Å². The number of hydrogen-bond donors (Lipinski definition) is 0. The van der Waals surface area contributed by atoms with Crippen LogP contribution in [0, 0.1) is 0 Å². The van der Waals surface area contributed by atoms with Gasteiger partial charge in [-0.2, -0.15) is 0 Å². The van der Waals surface area contributed by atoms with Crippen LogP contribution in [0.2, 0.25) is 0 Å².